The second kappa shape index (κ2) is 9.13. The molecule has 1 N–H and O–H groups in total. The number of carbonyl (C=O) groups is 1. The number of amides is 1. The Labute approximate surface area is 179 Å². The molecule has 5 nitrogen and oxygen atoms in total. The van der Waals surface area contributed by atoms with Crippen LogP contribution in [-0.4, -0.2) is 37.1 Å². The molecule has 0 radical (unpaired) electrons. The van der Waals surface area contributed by atoms with Crippen LogP contribution in [0.4, 0.5) is 5.00 Å². The minimum absolute atomic E-state index is 0.0592. The first-order valence-electron chi connectivity index (χ1n) is 9.71. The van der Waals surface area contributed by atoms with E-state index >= 15 is 0 Å². The Kier molecular flexibility index (Phi) is 6.35. The highest BCUT2D eigenvalue weighted by molar-refractivity contribution is 7.16. The van der Waals surface area contributed by atoms with E-state index in [1.165, 1.54) is 11.1 Å². The molecule has 29 heavy (non-hydrogen) atoms. The Morgan fingerprint density at radius 3 is 2.69 bits per heavy atom. The van der Waals surface area contributed by atoms with Gasteiger partial charge in [0, 0.05) is 28.6 Å². The molecule has 3 aromatic rings. The lowest BCUT2D eigenvalue weighted by Gasteiger charge is -2.35. The van der Waals surface area contributed by atoms with Gasteiger partial charge in [-0.25, -0.2) is 0 Å². The van der Waals surface area contributed by atoms with E-state index in [9.17, 15) is 4.79 Å². The lowest BCUT2D eigenvalue weighted by Crippen LogP contribution is -2.39. The summed E-state index contributed by atoms with van der Waals surface area (Å²) in [6.45, 7) is 5.09. The van der Waals surface area contributed by atoms with Crippen LogP contribution < -0.4 is 5.32 Å². The zero-order valence-electron chi connectivity index (χ0n) is 16.2. The topological polar surface area (TPSA) is 54.7 Å². The minimum atomic E-state index is -0.249. The number of hydrogen-bond acceptors (Lipinski definition) is 5. The molecule has 1 aromatic carbocycles. The van der Waals surface area contributed by atoms with Crippen molar-refractivity contribution in [2.75, 3.05) is 31.6 Å². The maximum Gasteiger partial charge on any atom is 0.291 e. The van der Waals surface area contributed by atoms with Gasteiger partial charge in [-0.15, -0.1) is 11.3 Å². The molecular formula is C22H23ClN2O3S. The third-order valence-corrected chi connectivity index (χ3v) is 6.59. The number of morpholine rings is 1. The standard InChI is InChI=1S/C22H23ClN2O3S/c1-2-15-14-17(22(29-15)24-21(26)19-8-5-11-28-19)20(25-9-12-27-13-10-25)16-6-3-4-7-18(16)23/h3-8,11,14,20H,2,9-10,12-13H2,1H3,(H,24,26)/t20-/m1/s1. The van der Waals surface area contributed by atoms with E-state index in [-0.39, 0.29) is 11.9 Å². The highest BCUT2D eigenvalue weighted by Gasteiger charge is 2.30. The maximum atomic E-state index is 12.7. The van der Waals surface area contributed by atoms with Crippen molar-refractivity contribution >= 4 is 33.8 Å². The second-order valence-electron chi connectivity index (χ2n) is 6.85. The number of hydrogen-bond donors (Lipinski definition) is 1. The molecule has 0 saturated carbocycles. The number of nitrogens with zero attached hydrogens (tertiary/aromatic N) is 1. The number of benzene rings is 1. The maximum absolute atomic E-state index is 12.7. The fourth-order valence-electron chi connectivity index (χ4n) is 3.60. The molecule has 0 spiro atoms. The minimum Gasteiger partial charge on any atom is -0.459 e. The SMILES string of the molecule is CCc1cc([C@@H](c2ccccc2Cl)N2CCOCC2)c(NC(=O)c2ccco2)s1. The average Bonchev–Trinajstić information content (AvgIpc) is 3.41. The normalized spacial score (nSPS) is 15.9. The Balaban J connectivity index is 1.76. The number of halogens is 1. The van der Waals surface area contributed by atoms with Gasteiger partial charge in [0.05, 0.1) is 25.5 Å². The van der Waals surface area contributed by atoms with Crippen molar-refractivity contribution in [3.63, 3.8) is 0 Å². The molecule has 1 amide bonds. The quantitative estimate of drug-likeness (QED) is 0.581. The molecule has 0 bridgehead atoms. The van der Waals surface area contributed by atoms with E-state index in [0.717, 1.165) is 40.7 Å². The number of nitrogens with one attached hydrogen (secondary N) is 1. The van der Waals surface area contributed by atoms with Crippen LogP contribution >= 0.6 is 22.9 Å². The first kappa shape index (κ1) is 20.2. The molecule has 2 aromatic heterocycles. The van der Waals surface area contributed by atoms with Crippen LogP contribution in [0, 0.1) is 0 Å². The van der Waals surface area contributed by atoms with Crippen molar-refractivity contribution in [1.82, 2.24) is 4.90 Å². The van der Waals surface area contributed by atoms with Gasteiger partial charge >= 0.3 is 0 Å². The van der Waals surface area contributed by atoms with Crippen LogP contribution in [-0.2, 0) is 11.2 Å². The van der Waals surface area contributed by atoms with Crippen molar-refractivity contribution < 1.29 is 13.9 Å². The summed E-state index contributed by atoms with van der Waals surface area (Å²) in [5.74, 6) is 0.0451. The van der Waals surface area contributed by atoms with Crippen molar-refractivity contribution in [3.05, 3.63) is 75.5 Å². The van der Waals surface area contributed by atoms with Gasteiger partial charge in [-0.2, -0.15) is 0 Å². The molecular weight excluding hydrogens is 408 g/mol. The van der Waals surface area contributed by atoms with Crippen LogP contribution in [0.3, 0.4) is 0 Å². The second-order valence-corrected chi connectivity index (χ2v) is 8.40. The fourth-order valence-corrected chi connectivity index (χ4v) is 4.86. The van der Waals surface area contributed by atoms with Gasteiger partial charge in [0.25, 0.3) is 5.91 Å². The third kappa shape index (κ3) is 4.41. The first-order valence-corrected chi connectivity index (χ1v) is 10.9. The highest BCUT2D eigenvalue weighted by atomic mass is 35.5. The zero-order chi connectivity index (χ0) is 20.2. The summed E-state index contributed by atoms with van der Waals surface area (Å²) in [4.78, 5) is 16.2. The van der Waals surface area contributed by atoms with Gasteiger partial charge in [0.1, 0.15) is 5.00 Å². The molecule has 7 heteroatoms. The molecule has 3 heterocycles. The van der Waals surface area contributed by atoms with E-state index in [1.807, 2.05) is 18.2 Å². The van der Waals surface area contributed by atoms with E-state index in [0.29, 0.717) is 19.0 Å². The van der Waals surface area contributed by atoms with Crippen molar-refractivity contribution in [2.24, 2.45) is 0 Å². The molecule has 0 aliphatic carbocycles. The van der Waals surface area contributed by atoms with E-state index in [4.69, 9.17) is 20.8 Å². The van der Waals surface area contributed by atoms with Crippen LogP contribution in [0.1, 0.15) is 39.5 Å². The predicted molar refractivity (Wildman–Crippen MR) is 116 cm³/mol. The largest absolute Gasteiger partial charge is 0.459 e. The van der Waals surface area contributed by atoms with Crippen molar-refractivity contribution in [1.29, 1.82) is 0 Å². The molecule has 152 valence electrons. The molecule has 0 unspecified atom stereocenters. The van der Waals surface area contributed by atoms with E-state index in [2.05, 4.69) is 29.3 Å². The first-order chi connectivity index (χ1) is 14.2. The predicted octanol–water partition coefficient (Wildman–Crippen LogP) is 5.23. The summed E-state index contributed by atoms with van der Waals surface area (Å²) in [5, 5.41) is 4.61. The van der Waals surface area contributed by atoms with Gasteiger partial charge in [0.15, 0.2) is 5.76 Å². The van der Waals surface area contributed by atoms with Crippen molar-refractivity contribution in [3.8, 4) is 0 Å². The van der Waals surface area contributed by atoms with Gasteiger partial charge in [0.2, 0.25) is 0 Å². The fraction of sp³-hybridized carbons (Fsp3) is 0.318. The number of carbonyl (C=O) groups excluding carboxylic acids is 1. The molecule has 1 saturated heterocycles. The number of aryl methyl sites for hydroxylation is 1. The highest BCUT2D eigenvalue weighted by Crippen LogP contribution is 2.41. The number of thiophene rings is 1. The summed E-state index contributed by atoms with van der Waals surface area (Å²) in [6, 6.07) is 13.4. The number of furan rings is 1. The van der Waals surface area contributed by atoms with Gasteiger partial charge in [-0.3, -0.25) is 9.69 Å². The summed E-state index contributed by atoms with van der Waals surface area (Å²) >= 11 is 8.21. The summed E-state index contributed by atoms with van der Waals surface area (Å²) in [5.41, 5.74) is 2.09. The van der Waals surface area contributed by atoms with E-state index < -0.39 is 0 Å². The summed E-state index contributed by atoms with van der Waals surface area (Å²) in [7, 11) is 0. The third-order valence-electron chi connectivity index (χ3n) is 5.04. The van der Waals surface area contributed by atoms with Gasteiger partial charge < -0.3 is 14.5 Å². The van der Waals surface area contributed by atoms with Crippen LogP contribution in [0.25, 0.3) is 0 Å². The van der Waals surface area contributed by atoms with Crippen LogP contribution in [0.5, 0.6) is 0 Å². The monoisotopic (exact) mass is 430 g/mol. The molecule has 1 atom stereocenters. The Morgan fingerprint density at radius 2 is 2.00 bits per heavy atom. The Hall–Kier alpha value is -2.12. The van der Waals surface area contributed by atoms with Crippen LogP contribution in [0.2, 0.25) is 5.02 Å². The molecule has 4 rings (SSSR count). The lowest BCUT2D eigenvalue weighted by atomic mass is 9.97. The Morgan fingerprint density at radius 1 is 1.21 bits per heavy atom. The number of ether oxygens (including phenoxy) is 1. The summed E-state index contributed by atoms with van der Waals surface area (Å²) < 4.78 is 10.8. The Bertz CT molecular complexity index is 964. The molecule has 1 aliphatic heterocycles. The average molecular weight is 431 g/mol. The zero-order valence-corrected chi connectivity index (χ0v) is 17.8. The van der Waals surface area contributed by atoms with E-state index in [1.54, 1.807) is 23.5 Å². The summed E-state index contributed by atoms with van der Waals surface area (Å²) in [6.07, 6.45) is 2.40. The van der Waals surface area contributed by atoms with Gasteiger partial charge in [-0.05, 0) is 36.2 Å². The molecule has 1 aliphatic rings. The smallest absolute Gasteiger partial charge is 0.291 e. The number of anilines is 1. The molecule has 1 fully saturated rings. The van der Waals surface area contributed by atoms with Crippen molar-refractivity contribution in [2.45, 2.75) is 19.4 Å². The van der Waals surface area contributed by atoms with Gasteiger partial charge in [-0.1, -0.05) is 36.7 Å². The van der Waals surface area contributed by atoms with Crippen LogP contribution in [0.15, 0.2) is 53.1 Å². The number of rotatable bonds is 6. The lowest BCUT2D eigenvalue weighted by molar-refractivity contribution is 0.0241.